The fourth-order valence-corrected chi connectivity index (χ4v) is 5.84. The van der Waals surface area contributed by atoms with Crippen molar-refractivity contribution < 1.29 is 13.2 Å². The molecule has 3 heterocycles. The van der Waals surface area contributed by atoms with Gasteiger partial charge in [0, 0.05) is 18.8 Å². The number of morpholine rings is 1. The van der Waals surface area contributed by atoms with Crippen molar-refractivity contribution in [1.82, 2.24) is 19.3 Å². The number of aryl methyl sites for hydroxylation is 2. The van der Waals surface area contributed by atoms with Gasteiger partial charge in [0.05, 0.1) is 40.4 Å². The second-order valence-corrected chi connectivity index (χ2v) is 10.1. The van der Waals surface area contributed by atoms with Gasteiger partial charge in [-0.1, -0.05) is 17.4 Å². The van der Waals surface area contributed by atoms with E-state index in [0.717, 1.165) is 0 Å². The molecule has 2 aromatic heterocycles. The van der Waals surface area contributed by atoms with Gasteiger partial charge in [-0.15, -0.1) is 0 Å². The van der Waals surface area contributed by atoms with Crippen LogP contribution < -0.4 is 11.1 Å². The number of ether oxygens (including phenoxy) is 1. The standard InChI is InChI=1S/C20H21N7O3S2/c1-12-3-4-15(9-16(12)32(28,29)27-5-7-30-8-6-27)25-20-23-11-14(10-21)17(26-20)18-13(2)24-19(22)31-18/h3-4,9,11H,5-8H2,1-2H3,(H2,22,24)(H,23,25,26). The molecule has 0 radical (unpaired) electrons. The Morgan fingerprint density at radius 3 is 2.66 bits per heavy atom. The number of sulfonamides is 1. The molecular weight excluding hydrogens is 450 g/mol. The summed E-state index contributed by atoms with van der Waals surface area (Å²) in [4.78, 5) is 13.8. The van der Waals surface area contributed by atoms with Gasteiger partial charge in [-0.05, 0) is 31.5 Å². The SMILES string of the molecule is Cc1ccc(Nc2ncc(C#N)c(-c3sc(N)nc3C)n2)cc1S(=O)(=O)N1CCOCC1. The predicted molar refractivity (Wildman–Crippen MR) is 121 cm³/mol. The van der Waals surface area contributed by atoms with Crippen LogP contribution in [0.4, 0.5) is 16.8 Å². The van der Waals surface area contributed by atoms with Crippen molar-refractivity contribution in [3.05, 3.63) is 41.2 Å². The monoisotopic (exact) mass is 471 g/mol. The average Bonchev–Trinajstić information content (AvgIpc) is 3.13. The second kappa shape index (κ2) is 8.79. The van der Waals surface area contributed by atoms with E-state index in [2.05, 4.69) is 26.3 Å². The van der Waals surface area contributed by atoms with E-state index in [4.69, 9.17) is 10.5 Å². The summed E-state index contributed by atoms with van der Waals surface area (Å²) < 4.78 is 33.0. The topological polar surface area (TPSA) is 147 Å². The number of aromatic nitrogens is 3. The van der Waals surface area contributed by atoms with Gasteiger partial charge in [-0.2, -0.15) is 9.57 Å². The molecule has 3 aromatic rings. The number of nitrogens with one attached hydrogen (secondary N) is 1. The van der Waals surface area contributed by atoms with Gasteiger partial charge >= 0.3 is 0 Å². The van der Waals surface area contributed by atoms with Crippen LogP contribution in [-0.2, 0) is 14.8 Å². The van der Waals surface area contributed by atoms with E-state index in [0.29, 0.717) is 64.5 Å². The van der Waals surface area contributed by atoms with Crippen LogP contribution in [-0.4, -0.2) is 54.0 Å². The summed E-state index contributed by atoms with van der Waals surface area (Å²) in [6, 6.07) is 7.14. The lowest BCUT2D eigenvalue weighted by Crippen LogP contribution is -2.40. The molecule has 0 amide bonds. The molecule has 1 saturated heterocycles. The Hall–Kier alpha value is -3.11. The average molecular weight is 472 g/mol. The normalized spacial score (nSPS) is 14.8. The zero-order chi connectivity index (χ0) is 22.9. The molecular formula is C20H21N7O3S2. The number of nitriles is 1. The summed E-state index contributed by atoms with van der Waals surface area (Å²) in [5, 5.41) is 12.9. The Kier molecular flexibility index (Phi) is 6.07. The summed E-state index contributed by atoms with van der Waals surface area (Å²) in [6.45, 7) is 4.93. The largest absolute Gasteiger partial charge is 0.379 e. The van der Waals surface area contributed by atoms with Gasteiger partial charge < -0.3 is 15.8 Å². The smallest absolute Gasteiger partial charge is 0.243 e. The molecule has 32 heavy (non-hydrogen) atoms. The van der Waals surface area contributed by atoms with Crippen LogP contribution in [0.2, 0.25) is 0 Å². The highest BCUT2D eigenvalue weighted by Gasteiger charge is 2.28. The van der Waals surface area contributed by atoms with Gasteiger partial charge in [-0.25, -0.2) is 23.4 Å². The maximum absolute atomic E-state index is 13.1. The van der Waals surface area contributed by atoms with E-state index in [1.807, 2.05) is 0 Å². The predicted octanol–water partition coefficient (Wildman–Crippen LogP) is 2.44. The van der Waals surface area contributed by atoms with Crippen molar-refractivity contribution in [3.63, 3.8) is 0 Å². The van der Waals surface area contributed by atoms with Gasteiger partial charge in [-0.3, -0.25) is 0 Å². The zero-order valence-electron chi connectivity index (χ0n) is 17.5. The lowest BCUT2D eigenvalue weighted by atomic mass is 10.2. The van der Waals surface area contributed by atoms with Crippen LogP contribution in [0.3, 0.4) is 0 Å². The molecule has 1 fully saturated rings. The van der Waals surface area contributed by atoms with E-state index in [-0.39, 0.29) is 10.8 Å². The maximum Gasteiger partial charge on any atom is 0.243 e. The molecule has 0 bridgehead atoms. The molecule has 0 atom stereocenters. The number of thiazole rings is 1. The molecule has 1 aliphatic rings. The number of rotatable bonds is 5. The highest BCUT2D eigenvalue weighted by molar-refractivity contribution is 7.89. The highest BCUT2D eigenvalue weighted by atomic mass is 32.2. The number of benzene rings is 1. The maximum atomic E-state index is 13.1. The molecule has 0 spiro atoms. The molecule has 4 rings (SSSR count). The number of hydrogen-bond donors (Lipinski definition) is 2. The Balaban J connectivity index is 1.68. The Bertz CT molecular complexity index is 1310. The Morgan fingerprint density at radius 2 is 2.00 bits per heavy atom. The van der Waals surface area contributed by atoms with Crippen LogP contribution in [0.15, 0.2) is 29.3 Å². The molecule has 0 saturated carbocycles. The fraction of sp³-hybridized carbons (Fsp3) is 0.300. The number of nitrogens with two attached hydrogens (primary N) is 1. The Morgan fingerprint density at radius 1 is 1.25 bits per heavy atom. The van der Waals surface area contributed by atoms with Gasteiger partial charge in [0.25, 0.3) is 0 Å². The van der Waals surface area contributed by atoms with Crippen LogP contribution in [0, 0.1) is 25.2 Å². The number of nitrogen functional groups attached to an aromatic ring is 1. The minimum atomic E-state index is -3.66. The van der Waals surface area contributed by atoms with E-state index in [9.17, 15) is 13.7 Å². The first-order valence-electron chi connectivity index (χ1n) is 9.75. The Labute approximate surface area is 189 Å². The first-order valence-corrected chi connectivity index (χ1v) is 12.0. The van der Waals surface area contributed by atoms with Crippen LogP contribution in [0.5, 0.6) is 0 Å². The summed E-state index contributed by atoms with van der Waals surface area (Å²) in [6.07, 6.45) is 1.42. The molecule has 166 valence electrons. The summed E-state index contributed by atoms with van der Waals surface area (Å²) in [5.74, 6) is 0.226. The third-order valence-electron chi connectivity index (χ3n) is 4.97. The van der Waals surface area contributed by atoms with Crippen LogP contribution in [0.25, 0.3) is 10.6 Å². The van der Waals surface area contributed by atoms with E-state index in [1.165, 1.54) is 21.8 Å². The van der Waals surface area contributed by atoms with Crippen LogP contribution >= 0.6 is 11.3 Å². The molecule has 1 aromatic carbocycles. The van der Waals surface area contributed by atoms with Crippen molar-refractivity contribution >= 4 is 38.1 Å². The van der Waals surface area contributed by atoms with E-state index >= 15 is 0 Å². The van der Waals surface area contributed by atoms with Gasteiger partial charge in [0.2, 0.25) is 16.0 Å². The quantitative estimate of drug-likeness (QED) is 0.572. The van der Waals surface area contributed by atoms with Gasteiger partial charge in [0.15, 0.2) is 5.13 Å². The third kappa shape index (κ3) is 4.28. The summed E-state index contributed by atoms with van der Waals surface area (Å²) in [7, 11) is -3.66. The minimum Gasteiger partial charge on any atom is -0.379 e. The molecule has 0 aliphatic carbocycles. The van der Waals surface area contributed by atoms with Crippen molar-refractivity contribution in [3.8, 4) is 16.6 Å². The van der Waals surface area contributed by atoms with Crippen LogP contribution in [0.1, 0.15) is 16.8 Å². The van der Waals surface area contributed by atoms with Crippen molar-refractivity contribution in [2.45, 2.75) is 18.7 Å². The zero-order valence-corrected chi connectivity index (χ0v) is 19.1. The third-order valence-corrected chi connectivity index (χ3v) is 8.00. The van der Waals surface area contributed by atoms with E-state index < -0.39 is 10.0 Å². The highest BCUT2D eigenvalue weighted by Crippen LogP contribution is 2.33. The molecule has 12 heteroatoms. The first-order chi connectivity index (χ1) is 15.3. The lowest BCUT2D eigenvalue weighted by molar-refractivity contribution is 0.0730. The van der Waals surface area contributed by atoms with E-state index in [1.54, 1.807) is 32.0 Å². The molecule has 10 nitrogen and oxygen atoms in total. The van der Waals surface area contributed by atoms with Crippen molar-refractivity contribution in [2.24, 2.45) is 0 Å². The number of anilines is 3. The first kappa shape index (κ1) is 22.1. The molecule has 1 aliphatic heterocycles. The van der Waals surface area contributed by atoms with Gasteiger partial charge in [0.1, 0.15) is 11.8 Å². The lowest BCUT2D eigenvalue weighted by Gasteiger charge is -2.26. The molecule has 3 N–H and O–H groups in total. The second-order valence-electron chi connectivity index (χ2n) is 7.16. The summed E-state index contributed by atoms with van der Waals surface area (Å²) >= 11 is 1.24. The van der Waals surface area contributed by atoms with Crippen molar-refractivity contribution in [1.29, 1.82) is 5.26 Å². The van der Waals surface area contributed by atoms with Crippen molar-refractivity contribution in [2.75, 3.05) is 37.4 Å². The number of hydrogen-bond acceptors (Lipinski definition) is 10. The summed E-state index contributed by atoms with van der Waals surface area (Å²) in [5.41, 5.74) is 8.33. The minimum absolute atomic E-state index is 0.212. The molecule has 0 unspecified atom stereocenters. The fourth-order valence-electron chi connectivity index (χ4n) is 3.34. The number of nitrogens with zero attached hydrogens (tertiary/aromatic N) is 5.